The minimum absolute atomic E-state index is 0.301. The van der Waals surface area contributed by atoms with Crippen molar-refractivity contribution >= 4 is 34.5 Å². The fourth-order valence-electron chi connectivity index (χ4n) is 3.94. The van der Waals surface area contributed by atoms with Crippen LogP contribution in [-0.2, 0) is 11.3 Å². The molecule has 2 amide bonds. The Hall–Kier alpha value is -4.08. The van der Waals surface area contributed by atoms with E-state index in [-0.39, 0.29) is 6.03 Å². The van der Waals surface area contributed by atoms with E-state index in [0.29, 0.717) is 29.6 Å². The lowest BCUT2D eigenvalue weighted by Crippen LogP contribution is -2.39. The first-order chi connectivity index (χ1) is 17.7. The molecular weight excluding hydrogens is 458 g/mol. The molecule has 0 saturated carbocycles. The molecule has 3 aromatic carbocycles. The van der Waals surface area contributed by atoms with Crippen molar-refractivity contribution < 1.29 is 18.7 Å². The van der Waals surface area contributed by atoms with Gasteiger partial charge in [-0.15, -0.1) is 0 Å². The van der Waals surface area contributed by atoms with Crippen molar-refractivity contribution in [1.29, 1.82) is 0 Å². The van der Waals surface area contributed by atoms with Crippen LogP contribution in [0.2, 0.25) is 0 Å². The number of fused-ring (bicyclic) bond motifs is 1. The largest absolute Gasteiger partial charge is 0.489 e. The van der Waals surface area contributed by atoms with Crippen molar-refractivity contribution in [2.24, 2.45) is 0 Å². The Kier molecular flexibility index (Phi) is 7.60. The highest BCUT2D eigenvalue weighted by Gasteiger charge is 2.11. The summed E-state index contributed by atoms with van der Waals surface area (Å²) in [5, 5.41) is 8.91. The molecular formula is C27H29N5O4. The molecule has 0 aliphatic carbocycles. The van der Waals surface area contributed by atoms with Gasteiger partial charge in [-0.25, -0.2) is 4.79 Å². The summed E-state index contributed by atoms with van der Waals surface area (Å²) in [4.78, 5) is 19.1. The number of ether oxygens (including phenoxy) is 2. The lowest BCUT2D eigenvalue weighted by molar-refractivity contribution is 0.0398. The number of nitrogens with zero attached hydrogens (tertiary/aromatic N) is 2. The first kappa shape index (κ1) is 23.7. The molecule has 2 heterocycles. The molecule has 0 radical (unpaired) electrons. The molecule has 36 heavy (non-hydrogen) atoms. The Labute approximate surface area is 209 Å². The number of benzene rings is 3. The van der Waals surface area contributed by atoms with E-state index in [9.17, 15) is 4.79 Å². The zero-order valence-corrected chi connectivity index (χ0v) is 19.9. The SMILES string of the molecule is O=C(Nc1ccccc1)Nc1cccc(COc2ccc3nc(NCCN4CCOCC4)oc3c2)c1. The summed E-state index contributed by atoms with van der Waals surface area (Å²) >= 11 is 0. The van der Waals surface area contributed by atoms with E-state index in [2.05, 4.69) is 25.8 Å². The lowest BCUT2D eigenvalue weighted by atomic mass is 10.2. The van der Waals surface area contributed by atoms with Gasteiger partial charge in [-0.05, 0) is 42.0 Å². The molecule has 1 aliphatic rings. The second kappa shape index (κ2) is 11.6. The van der Waals surface area contributed by atoms with E-state index in [1.807, 2.05) is 72.8 Å². The number of aromatic nitrogens is 1. The van der Waals surface area contributed by atoms with E-state index >= 15 is 0 Å². The first-order valence-electron chi connectivity index (χ1n) is 12.0. The van der Waals surface area contributed by atoms with Crippen molar-refractivity contribution in [3.05, 3.63) is 78.4 Å². The number of amides is 2. The van der Waals surface area contributed by atoms with Gasteiger partial charge in [0.15, 0.2) is 5.58 Å². The third-order valence-electron chi connectivity index (χ3n) is 5.79. The normalized spacial score (nSPS) is 13.9. The molecule has 1 aliphatic heterocycles. The second-order valence-corrected chi connectivity index (χ2v) is 8.46. The predicted molar refractivity (Wildman–Crippen MR) is 140 cm³/mol. The third-order valence-corrected chi connectivity index (χ3v) is 5.79. The molecule has 0 atom stereocenters. The van der Waals surface area contributed by atoms with Crippen LogP contribution < -0.4 is 20.7 Å². The van der Waals surface area contributed by atoms with Crippen molar-refractivity contribution in [3.8, 4) is 5.75 Å². The predicted octanol–water partition coefficient (Wildman–Crippen LogP) is 4.79. The molecule has 0 bridgehead atoms. The van der Waals surface area contributed by atoms with Crippen molar-refractivity contribution in [2.45, 2.75) is 6.61 Å². The van der Waals surface area contributed by atoms with Gasteiger partial charge in [0.1, 0.15) is 17.9 Å². The summed E-state index contributed by atoms with van der Waals surface area (Å²) in [7, 11) is 0. The average molecular weight is 488 g/mol. The highest BCUT2D eigenvalue weighted by molar-refractivity contribution is 5.99. The smallest absolute Gasteiger partial charge is 0.323 e. The summed E-state index contributed by atoms with van der Waals surface area (Å²) in [5.41, 5.74) is 3.77. The lowest BCUT2D eigenvalue weighted by Gasteiger charge is -2.26. The number of para-hydroxylation sites is 1. The van der Waals surface area contributed by atoms with Crippen LogP contribution in [0.4, 0.5) is 22.2 Å². The topological polar surface area (TPSA) is 101 Å². The van der Waals surface area contributed by atoms with E-state index in [1.54, 1.807) is 0 Å². The minimum Gasteiger partial charge on any atom is -0.489 e. The number of urea groups is 1. The number of oxazole rings is 1. The standard InChI is InChI=1S/C27H29N5O4/c33-26(29-21-6-2-1-3-7-21)30-22-8-4-5-20(17-22)19-35-23-9-10-24-25(18-23)36-27(31-24)28-11-12-32-13-15-34-16-14-32/h1-10,17-18H,11-16,19H2,(H,28,31)(H2,29,30,33). The zero-order chi connectivity index (χ0) is 24.6. The number of rotatable bonds is 9. The fourth-order valence-corrected chi connectivity index (χ4v) is 3.94. The molecule has 9 nitrogen and oxygen atoms in total. The second-order valence-electron chi connectivity index (χ2n) is 8.46. The van der Waals surface area contributed by atoms with Crippen LogP contribution in [0.1, 0.15) is 5.56 Å². The van der Waals surface area contributed by atoms with Crippen LogP contribution in [0.15, 0.2) is 77.2 Å². The van der Waals surface area contributed by atoms with Gasteiger partial charge >= 0.3 is 6.03 Å². The Morgan fingerprint density at radius 3 is 2.61 bits per heavy atom. The maximum absolute atomic E-state index is 12.3. The van der Waals surface area contributed by atoms with E-state index in [0.717, 1.165) is 56.2 Å². The van der Waals surface area contributed by atoms with E-state index < -0.39 is 0 Å². The van der Waals surface area contributed by atoms with Gasteiger partial charge in [0.2, 0.25) is 0 Å². The number of morpholine rings is 1. The van der Waals surface area contributed by atoms with Gasteiger partial charge in [0, 0.05) is 43.6 Å². The molecule has 4 aromatic rings. The Morgan fingerprint density at radius 2 is 1.75 bits per heavy atom. The molecule has 0 spiro atoms. The highest BCUT2D eigenvalue weighted by atomic mass is 16.5. The fraction of sp³-hybridized carbons (Fsp3) is 0.259. The van der Waals surface area contributed by atoms with Crippen molar-refractivity contribution in [2.75, 3.05) is 55.3 Å². The van der Waals surface area contributed by atoms with Gasteiger partial charge in [-0.2, -0.15) is 4.98 Å². The Morgan fingerprint density at radius 1 is 0.944 bits per heavy atom. The van der Waals surface area contributed by atoms with Crippen LogP contribution in [0.3, 0.4) is 0 Å². The molecule has 0 unspecified atom stereocenters. The number of carbonyl (C=O) groups excluding carboxylic acids is 1. The number of nitrogens with one attached hydrogen (secondary N) is 3. The molecule has 1 fully saturated rings. The number of carbonyl (C=O) groups is 1. The zero-order valence-electron chi connectivity index (χ0n) is 19.9. The van der Waals surface area contributed by atoms with Gasteiger partial charge < -0.3 is 29.8 Å². The minimum atomic E-state index is -0.301. The average Bonchev–Trinajstić information content (AvgIpc) is 3.31. The van der Waals surface area contributed by atoms with E-state index in [1.165, 1.54) is 0 Å². The van der Waals surface area contributed by atoms with Gasteiger partial charge in [-0.1, -0.05) is 30.3 Å². The van der Waals surface area contributed by atoms with Crippen molar-refractivity contribution in [1.82, 2.24) is 9.88 Å². The van der Waals surface area contributed by atoms with Gasteiger partial charge in [0.05, 0.1) is 13.2 Å². The summed E-state index contributed by atoms with van der Waals surface area (Å²) in [6.07, 6.45) is 0. The van der Waals surface area contributed by atoms with Crippen molar-refractivity contribution in [3.63, 3.8) is 0 Å². The summed E-state index contributed by atoms with van der Waals surface area (Å²) in [6, 6.07) is 22.6. The molecule has 186 valence electrons. The van der Waals surface area contributed by atoms with Gasteiger partial charge in [-0.3, -0.25) is 4.90 Å². The van der Waals surface area contributed by atoms with E-state index in [4.69, 9.17) is 13.9 Å². The number of anilines is 3. The monoisotopic (exact) mass is 487 g/mol. The molecule has 1 aromatic heterocycles. The molecule has 1 saturated heterocycles. The third kappa shape index (κ3) is 6.53. The summed E-state index contributed by atoms with van der Waals surface area (Å²) < 4.78 is 17.2. The molecule has 3 N–H and O–H groups in total. The summed E-state index contributed by atoms with van der Waals surface area (Å²) in [6.45, 7) is 5.50. The summed E-state index contributed by atoms with van der Waals surface area (Å²) in [5.74, 6) is 0.679. The molecule has 9 heteroatoms. The number of hydrogen-bond donors (Lipinski definition) is 3. The molecule has 5 rings (SSSR count). The number of hydrogen-bond acceptors (Lipinski definition) is 7. The first-order valence-corrected chi connectivity index (χ1v) is 12.0. The van der Waals surface area contributed by atoms with Crippen LogP contribution in [0.25, 0.3) is 11.1 Å². The Bertz CT molecular complexity index is 1290. The van der Waals surface area contributed by atoms with Crippen LogP contribution in [-0.4, -0.2) is 55.3 Å². The van der Waals surface area contributed by atoms with Crippen LogP contribution in [0, 0.1) is 0 Å². The van der Waals surface area contributed by atoms with Gasteiger partial charge in [0.25, 0.3) is 6.01 Å². The van der Waals surface area contributed by atoms with Crippen LogP contribution in [0.5, 0.6) is 5.75 Å². The van der Waals surface area contributed by atoms with Crippen LogP contribution >= 0.6 is 0 Å². The highest BCUT2D eigenvalue weighted by Crippen LogP contribution is 2.24. The maximum Gasteiger partial charge on any atom is 0.323 e. The maximum atomic E-state index is 12.3. The quantitative estimate of drug-likeness (QED) is 0.312. The Balaban J connectivity index is 1.13.